The number of nitrogens with zero attached hydrogens (tertiary/aromatic N) is 1. The van der Waals surface area contributed by atoms with Crippen LogP contribution in [0.5, 0.6) is 0 Å². The molecule has 0 bridgehead atoms. The van der Waals surface area contributed by atoms with Crippen LogP contribution in [0.3, 0.4) is 0 Å². The Bertz CT molecular complexity index is 2320. The molecule has 3 nitrogen and oxygen atoms in total. The number of fused-ring (bicyclic) bond motifs is 3. The van der Waals surface area contributed by atoms with Crippen LogP contribution < -0.4 is 4.90 Å². The number of hydrogen-bond donors (Lipinski definition) is 0. The van der Waals surface area contributed by atoms with Gasteiger partial charge in [-0.3, -0.25) is 4.79 Å². The molecule has 270 valence electrons. The van der Waals surface area contributed by atoms with Crippen molar-refractivity contribution in [3.05, 3.63) is 197 Å². The van der Waals surface area contributed by atoms with E-state index in [0.717, 1.165) is 44.9 Å². The topological polar surface area (TPSA) is 37.4 Å². The summed E-state index contributed by atoms with van der Waals surface area (Å²) in [6.07, 6.45) is 12.6. The van der Waals surface area contributed by atoms with Gasteiger partial charge >= 0.3 is 0 Å². The third kappa shape index (κ3) is 7.48. The average Bonchev–Trinajstić information content (AvgIpc) is 3.73. The Morgan fingerprint density at radius 1 is 0.815 bits per heavy atom. The highest BCUT2D eigenvalue weighted by atomic mass is 32.1. The summed E-state index contributed by atoms with van der Waals surface area (Å²) in [5, 5.41) is 0. The number of rotatable bonds is 14. The number of hydrogen-bond acceptors (Lipinski definition) is 4. The SMILES string of the molecule is C=C/C=C(C(=O)C(C=O)Cc1cc2c(s1)-c1ccc(N(C(/C=C(\C=C)c3ccc(-c4ccccc4)cc3)=C/C)c3ccccc3)cc1C2(C)C)\C(C)=C/C. The van der Waals surface area contributed by atoms with Crippen molar-refractivity contribution in [2.24, 2.45) is 5.92 Å². The lowest BCUT2D eigenvalue weighted by Crippen LogP contribution is -2.21. The largest absolute Gasteiger partial charge is 0.311 e. The van der Waals surface area contributed by atoms with Crippen LogP contribution in [0.2, 0.25) is 0 Å². The van der Waals surface area contributed by atoms with Crippen LogP contribution in [0.15, 0.2) is 176 Å². The zero-order valence-corrected chi connectivity index (χ0v) is 32.6. The highest BCUT2D eigenvalue weighted by Crippen LogP contribution is 2.54. The summed E-state index contributed by atoms with van der Waals surface area (Å²) in [4.78, 5) is 30.3. The molecule has 0 saturated carbocycles. The predicted octanol–water partition coefficient (Wildman–Crippen LogP) is 13.0. The Kier molecular flexibility index (Phi) is 11.5. The summed E-state index contributed by atoms with van der Waals surface area (Å²) in [6.45, 7) is 18.4. The fourth-order valence-corrected chi connectivity index (χ4v) is 8.66. The van der Waals surface area contributed by atoms with Crippen LogP contribution in [-0.4, -0.2) is 12.1 Å². The summed E-state index contributed by atoms with van der Waals surface area (Å²) in [6, 6.07) is 38.5. The molecule has 0 aliphatic heterocycles. The number of allylic oxidation sites excluding steroid dienone is 9. The lowest BCUT2D eigenvalue weighted by atomic mass is 9.82. The molecular weight excluding hydrogens is 679 g/mol. The molecule has 54 heavy (non-hydrogen) atoms. The standard InChI is InChI=1S/C50H47NO2S/c1-8-18-44(34(5)9-2)48(53)39(33-52)30-43-32-47-49(54-43)45-28-27-42(31-46(45)50(47,6)7)51(41-21-16-13-17-22-41)40(11-4)29-35(10-3)37-23-25-38(26-24-37)36-19-14-12-15-20-36/h8-29,31-33,39H,1,3,30H2,2,4-7H3/b34-9-,35-29+,40-11+,44-18+. The molecule has 0 amide bonds. The van der Waals surface area contributed by atoms with E-state index in [4.69, 9.17) is 0 Å². The monoisotopic (exact) mass is 725 g/mol. The molecule has 0 fully saturated rings. The lowest BCUT2D eigenvalue weighted by molar-refractivity contribution is -0.124. The van der Waals surface area contributed by atoms with Gasteiger partial charge in [0.2, 0.25) is 0 Å². The van der Waals surface area contributed by atoms with E-state index in [1.165, 1.54) is 32.7 Å². The molecule has 6 rings (SSSR count). The van der Waals surface area contributed by atoms with Crippen molar-refractivity contribution in [3.63, 3.8) is 0 Å². The smallest absolute Gasteiger partial charge is 0.173 e. The van der Waals surface area contributed by atoms with Gasteiger partial charge in [0.1, 0.15) is 6.29 Å². The van der Waals surface area contributed by atoms with E-state index in [2.05, 4.69) is 148 Å². The maximum absolute atomic E-state index is 13.5. The second kappa shape index (κ2) is 16.4. The first-order chi connectivity index (χ1) is 26.1. The Labute approximate surface area is 324 Å². The molecule has 1 aliphatic rings. The maximum atomic E-state index is 13.5. The third-order valence-corrected chi connectivity index (χ3v) is 11.6. The predicted molar refractivity (Wildman–Crippen MR) is 230 cm³/mol. The maximum Gasteiger partial charge on any atom is 0.173 e. The van der Waals surface area contributed by atoms with E-state index < -0.39 is 5.92 Å². The molecule has 1 aromatic heterocycles. The zero-order valence-electron chi connectivity index (χ0n) is 31.8. The van der Waals surface area contributed by atoms with E-state index in [-0.39, 0.29) is 11.2 Å². The number of Topliss-reactive ketones (excluding diaryl/α,β-unsaturated/α-hetero) is 1. The summed E-state index contributed by atoms with van der Waals surface area (Å²) < 4.78 is 0. The highest BCUT2D eigenvalue weighted by Gasteiger charge is 2.38. The fourth-order valence-electron chi connectivity index (χ4n) is 7.25. The number of anilines is 2. The first kappa shape index (κ1) is 37.9. The molecule has 0 spiro atoms. The van der Waals surface area contributed by atoms with E-state index in [0.29, 0.717) is 12.0 Å². The molecule has 1 heterocycles. The van der Waals surface area contributed by atoms with Crippen molar-refractivity contribution in [3.8, 4) is 21.6 Å². The van der Waals surface area contributed by atoms with Gasteiger partial charge in [0.15, 0.2) is 5.78 Å². The number of para-hydroxylation sites is 1. The first-order valence-electron chi connectivity index (χ1n) is 18.4. The van der Waals surface area contributed by atoms with Crippen molar-refractivity contribution in [1.82, 2.24) is 0 Å². The van der Waals surface area contributed by atoms with E-state index in [1.54, 1.807) is 23.5 Å². The van der Waals surface area contributed by atoms with Gasteiger partial charge in [0, 0.05) is 37.8 Å². The zero-order chi connectivity index (χ0) is 38.4. The van der Waals surface area contributed by atoms with Gasteiger partial charge in [-0.1, -0.05) is 136 Å². The minimum atomic E-state index is -0.760. The molecule has 1 aliphatic carbocycles. The normalized spacial score (nSPS) is 14.5. The summed E-state index contributed by atoms with van der Waals surface area (Å²) in [5.41, 5.74) is 12.4. The molecule has 0 saturated heterocycles. The number of carbonyl (C=O) groups excluding carboxylic acids is 2. The van der Waals surface area contributed by atoms with Gasteiger partial charge in [0.25, 0.3) is 0 Å². The van der Waals surface area contributed by atoms with E-state index in [9.17, 15) is 9.59 Å². The number of carbonyl (C=O) groups is 2. The second-order valence-electron chi connectivity index (χ2n) is 14.0. The Morgan fingerprint density at radius 2 is 1.48 bits per heavy atom. The number of benzene rings is 4. The van der Waals surface area contributed by atoms with E-state index in [1.807, 2.05) is 38.1 Å². The second-order valence-corrected chi connectivity index (χ2v) is 15.2. The minimum absolute atomic E-state index is 0.169. The quantitative estimate of drug-likeness (QED) is 0.0495. The van der Waals surface area contributed by atoms with Crippen LogP contribution >= 0.6 is 11.3 Å². The van der Waals surface area contributed by atoms with Gasteiger partial charge < -0.3 is 9.69 Å². The average molecular weight is 726 g/mol. The van der Waals surface area contributed by atoms with Crippen molar-refractivity contribution in [2.75, 3.05) is 4.90 Å². The van der Waals surface area contributed by atoms with Crippen molar-refractivity contribution in [2.45, 2.75) is 46.5 Å². The molecule has 4 heteroatoms. The summed E-state index contributed by atoms with van der Waals surface area (Å²) in [7, 11) is 0. The number of ketones is 1. The molecule has 5 aromatic rings. The Morgan fingerprint density at radius 3 is 2.09 bits per heavy atom. The van der Waals surface area contributed by atoms with Crippen LogP contribution in [0.25, 0.3) is 27.1 Å². The molecule has 1 unspecified atom stereocenters. The Balaban J connectivity index is 1.35. The van der Waals surface area contributed by atoms with Crippen LogP contribution in [0.1, 0.15) is 56.2 Å². The molecule has 1 atom stereocenters. The fraction of sp³-hybridized carbons (Fsp3) is 0.160. The van der Waals surface area contributed by atoms with Gasteiger partial charge in [0.05, 0.1) is 5.92 Å². The number of thiophene rings is 1. The van der Waals surface area contributed by atoms with Gasteiger partial charge in [-0.15, -0.1) is 11.3 Å². The summed E-state index contributed by atoms with van der Waals surface area (Å²) >= 11 is 1.69. The third-order valence-electron chi connectivity index (χ3n) is 10.4. The van der Waals surface area contributed by atoms with Gasteiger partial charge in [-0.25, -0.2) is 0 Å². The van der Waals surface area contributed by atoms with Crippen LogP contribution in [0, 0.1) is 5.92 Å². The number of aldehydes is 1. The van der Waals surface area contributed by atoms with Gasteiger partial charge in [-0.05, 0) is 108 Å². The van der Waals surface area contributed by atoms with Crippen LogP contribution in [0.4, 0.5) is 11.4 Å². The van der Waals surface area contributed by atoms with E-state index >= 15 is 0 Å². The van der Waals surface area contributed by atoms with Crippen molar-refractivity contribution in [1.29, 1.82) is 0 Å². The molecular formula is C50H47NO2S. The molecule has 0 radical (unpaired) electrons. The van der Waals surface area contributed by atoms with Gasteiger partial charge in [-0.2, -0.15) is 0 Å². The lowest BCUT2D eigenvalue weighted by Gasteiger charge is -2.29. The Hall–Kier alpha value is -5.84. The van der Waals surface area contributed by atoms with Crippen LogP contribution in [-0.2, 0) is 21.4 Å². The minimum Gasteiger partial charge on any atom is -0.311 e. The first-order valence-corrected chi connectivity index (χ1v) is 19.2. The summed E-state index contributed by atoms with van der Waals surface area (Å²) in [5.74, 6) is -0.930. The highest BCUT2D eigenvalue weighted by molar-refractivity contribution is 7.15. The molecule has 0 N–H and O–H groups in total. The van der Waals surface area contributed by atoms with Crippen molar-refractivity contribution < 1.29 is 9.59 Å². The van der Waals surface area contributed by atoms with Crippen molar-refractivity contribution >= 4 is 40.4 Å². The molecule has 4 aromatic carbocycles.